The van der Waals surface area contributed by atoms with Crippen LogP contribution in [0, 0.1) is 0 Å². The second-order valence-corrected chi connectivity index (χ2v) is 4.38. The van der Waals surface area contributed by atoms with E-state index in [1.807, 2.05) is 43.3 Å². The Labute approximate surface area is 119 Å². The summed E-state index contributed by atoms with van der Waals surface area (Å²) < 4.78 is 5.04. The van der Waals surface area contributed by atoms with Gasteiger partial charge in [-0.3, -0.25) is 4.79 Å². The van der Waals surface area contributed by atoms with Gasteiger partial charge in [0.1, 0.15) is 0 Å². The molecule has 0 spiro atoms. The fraction of sp³-hybridized carbons (Fsp3) is 0.250. The van der Waals surface area contributed by atoms with Gasteiger partial charge < -0.3 is 9.64 Å². The number of methoxy groups -OCH3 is 1. The predicted octanol–water partition coefficient (Wildman–Crippen LogP) is 3.15. The van der Waals surface area contributed by atoms with E-state index < -0.39 is 0 Å². The van der Waals surface area contributed by atoms with E-state index in [4.69, 9.17) is 4.74 Å². The number of ether oxygens (including phenoxy) is 1. The normalized spacial score (nSPS) is 10.1. The maximum absolute atomic E-state index is 12.6. The first kappa shape index (κ1) is 14.1. The number of benzene rings is 1. The standard InChI is InChI=1S/C16H18N2O2/c1-3-11-18(14-9-10-15(20-2)17-12-14)16(19)13-7-5-4-6-8-13/h4-10,12H,3,11H2,1-2H3. The molecule has 0 radical (unpaired) electrons. The van der Waals surface area contributed by atoms with Crippen LogP contribution in [0.1, 0.15) is 23.7 Å². The highest BCUT2D eigenvalue weighted by molar-refractivity contribution is 6.05. The quantitative estimate of drug-likeness (QED) is 0.838. The molecular weight excluding hydrogens is 252 g/mol. The summed E-state index contributed by atoms with van der Waals surface area (Å²) in [5.41, 5.74) is 1.46. The molecule has 104 valence electrons. The summed E-state index contributed by atoms with van der Waals surface area (Å²) in [6.45, 7) is 2.70. The first-order valence-electron chi connectivity index (χ1n) is 6.63. The van der Waals surface area contributed by atoms with Crippen molar-refractivity contribution in [2.45, 2.75) is 13.3 Å². The van der Waals surface area contributed by atoms with Crippen LogP contribution >= 0.6 is 0 Å². The van der Waals surface area contributed by atoms with Crippen LogP contribution in [0.2, 0.25) is 0 Å². The molecule has 1 aromatic carbocycles. The van der Waals surface area contributed by atoms with Crippen molar-refractivity contribution >= 4 is 11.6 Å². The van der Waals surface area contributed by atoms with Gasteiger partial charge in [0.05, 0.1) is 19.0 Å². The van der Waals surface area contributed by atoms with Gasteiger partial charge in [0, 0.05) is 18.2 Å². The van der Waals surface area contributed by atoms with Gasteiger partial charge in [-0.25, -0.2) is 4.98 Å². The largest absolute Gasteiger partial charge is 0.481 e. The van der Waals surface area contributed by atoms with Crippen LogP contribution in [0.4, 0.5) is 5.69 Å². The summed E-state index contributed by atoms with van der Waals surface area (Å²) in [6.07, 6.45) is 2.54. The van der Waals surface area contributed by atoms with Crippen molar-refractivity contribution in [2.24, 2.45) is 0 Å². The third kappa shape index (κ3) is 3.15. The van der Waals surface area contributed by atoms with Crippen molar-refractivity contribution in [1.82, 2.24) is 4.98 Å². The summed E-state index contributed by atoms with van der Waals surface area (Å²) >= 11 is 0. The van der Waals surface area contributed by atoms with Crippen molar-refractivity contribution < 1.29 is 9.53 Å². The third-order valence-corrected chi connectivity index (χ3v) is 2.95. The lowest BCUT2D eigenvalue weighted by molar-refractivity contribution is 0.0987. The Hall–Kier alpha value is -2.36. The van der Waals surface area contributed by atoms with Gasteiger partial charge in [-0.1, -0.05) is 25.1 Å². The molecule has 0 saturated carbocycles. The van der Waals surface area contributed by atoms with E-state index in [0.717, 1.165) is 12.1 Å². The fourth-order valence-corrected chi connectivity index (χ4v) is 1.96. The molecule has 0 fully saturated rings. The minimum absolute atomic E-state index is 0.0144. The number of nitrogens with zero attached hydrogens (tertiary/aromatic N) is 2. The van der Waals surface area contributed by atoms with Gasteiger partial charge in [-0.2, -0.15) is 0 Å². The minimum Gasteiger partial charge on any atom is -0.481 e. The minimum atomic E-state index is -0.0144. The SMILES string of the molecule is CCCN(C(=O)c1ccccc1)c1ccc(OC)nc1. The number of hydrogen-bond acceptors (Lipinski definition) is 3. The molecule has 0 bridgehead atoms. The van der Waals surface area contributed by atoms with Gasteiger partial charge in [0.25, 0.3) is 5.91 Å². The van der Waals surface area contributed by atoms with E-state index in [0.29, 0.717) is 18.0 Å². The lowest BCUT2D eigenvalue weighted by Crippen LogP contribution is -2.31. The zero-order chi connectivity index (χ0) is 14.4. The van der Waals surface area contributed by atoms with Gasteiger partial charge >= 0.3 is 0 Å². The van der Waals surface area contributed by atoms with Crippen LogP contribution < -0.4 is 9.64 Å². The fourth-order valence-electron chi connectivity index (χ4n) is 1.96. The Balaban J connectivity index is 2.28. The van der Waals surface area contributed by atoms with Crippen LogP contribution in [0.5, 0.6) is 5.88 Å². The van der Waals surface area contributed by atoms with Crippen LogP contribution in [0.3, 0.4) is 0 Å². The highest BCUT2D eigenvalue weighted by Gasteiger charge is 2.16. The van der Waals surface area contributed by atoms with Crippen LogP contribution in [0.15, 0.2) is 48.7 Å². The smallest absolute Gasteiger partial charge is 0.258 e. The molecule has 0 aliphatic heterocycles. The maximum Gasteiger partial charge on any atom is 0.258 e. The number of anilines is 1. The Morgan fingerprint density at radius 3 is 2.50 bits per heavy atom. The second-order valence-electron chi connectivity index (χ2n) is 4.38. The molecule has 0 aliphatic carbocycles. The number of amides is 1. The maximum atomic E-state index is 12.6. The summed E-state index contributed by atoms with van der Waals surface area (Å²) in [5.74, 6) is 0.525. The molecule has 4 heteroatoms. The lowest BCUT2D eigenvalue weighted by Gasteiger charge is -2.22. The molecule has 4 nitrogen and oxygen atoms in total. The van der Waals surface area contributed by atoms with Crippen molar-refractivity contribution in [1.29, 1.82) is 0 Å². The Kier molecular flexibility index (Phi) is 4.71. The molecule has 20 heavy (non-hydrogen) atoms. The molecule has 0 saturated heterocycles. The molecule has 0 aliphatic rings. The third-order valence-electron chi connectivity index (χ3n) is 2.95. The van der Waals surface area contributed by atoms with E-state index in [1.165, 1.54) is 0 Å². The van der Waals surface area contributed by atoms with E-state index in [1.54, 1.807) is 24.3 Å². The summed E-state index contributed by atoms with van der Waals surface area (Å²) in [4.78, 5) is 18.5. The van der Waals surface area contributed by atoms with Crippen LogP contribution in [-0.4, -0.2) is 24.5 Å². The first-order chi connectivity index (χ1) is 9.76. The highest BCUT2D eigenvalue weighted by Crippen LogP contribution is 2.19. The molecule has 0 atom stereocenters. The molecule has 1 amide bonds. The summed E-state index contributed by atoms with van der Waals surface area (Å²) in [7, 11) is 1.57. The first-order valence-corrected chi connectivity index (χ1v) is 6.63. The molecule has 0 unspecified atom stereocenters. The van der Waals surface area contributed by atoms with Crippen molar-refractivity contribution in [3.63, 3.8) is 0 Å². The highest BCUT2D eigenvalue weighted by atomic mass is 16.5. The zero-order valence-electron chi connectivity index (χ0n) is 11.7. The Morgan fingerprint density at radius 2 is 1.95 bits per heavy atom. The number of hydrogen-bond donors (Lipinski definition) is 0. The molecule has 1 aromatic heterocycles. The summed E-state index contributed by atoms with van der Waals surface area (Å²) in [6, 6.07) is 12.9. The van der Waals surface area contributed by atoms with E-state index >= 15 is 0 Å². The molecular formula is C16H18N2O2. The summed E-state index contributed by atoms with van der Waals surface area (Å²) in [5, 5.41) is 0. The van der Waals surface area contributed by atoms with Crippen molar-refractivity contribution in [3.05, 3.63) is 54.2 Å². The number of aromatic nitrogens is 1. The average Bonchev–Trinajstić information content (AvgIpc) is 2.53. The number of pyridine rings is 1. The van der Waals surface area contributed by atoms with Crippen molar-refractivity contribution in [3.8, 4) is 5.88 Å². The second kappa shape index (κ2) is 6.70. The topological polar surface area (TPSA) is 42.4 Å². The van der Waals surface area contributed by atoms with E-state index in [9.17, 15) is 4.79 Å². The monoisotopic (exact) mass is 270 g/mol. The van der Waals surface area contributed by atoms with Gasteiger partial charge in [0.15, 0.2) is 0 Å². The molecule has 0 N–H and O–H groups in total. The predicted molar refractivity (Wildman–Crippen MR) is 79.2 cm³/mol. The molecule has 1 heterocycles. The average molecular weight is 270 g/mol. The van der Waals surface area contributed by atoms with Crippen LogP contribution in [-0.2, 0) is 0 Å². The Bertz CT molecular complexity index is 552. The molecule has 2 rings (SSSR count). The molecule has 2 aromatic rings. The number of carbonyl (C=O) groups excluding carboxylic acids is 1. The van der Waals surface area contributed by atoms with Crippen molar-refractivity contribution in [2.75, 3.05) is 18.6 Å². The van der Waals surface area contributed by atoms with Gasteiger partial charge in [0.2, 0.25) is 5.88 Å². The van der Waals surface area contributed by atoms with Gasteiger partial charge in [-0.05, 0) is 24.6 Å². The van der Waals surface area contributed by atoms with E-state index in [2.05, 4.69) is 4.98 Å². The van der Waals surface area contributed by atoms with Crippen LogP contribution in [0.25, 0.3) is 0 Å². The lowest BCUT2D eigenvalue weighted by atomic mass is 10.2. The zero-order valence-corrected chi connectivity index (χ0v) is 11.7. The number of carbonyl (C=O) groups is 1. The van der Waals surface area contributed by atoms with E-state index in [-0.39, 0.29) is 5.91 Å². The number of rotatable bonds is 5. The Morgan fingerprint density at radius 1 is 1.20 bits per heavy atom. The van der Waals surface area contributed by atoms with Gasteiger partial charge in [-0.15, -0.1) is 0 Å².